The minimum atomic E-state index is -0.906. The number of carbonyl (C=O) groups is 4. The summed E-state index contributed by atoms with van der Waals surface area (Å²) in [4.78, 5) is 55.1. The third-order valence-electron chi connectivity index (χ3n) is 4.61. The lowest BCUT2D eigenvalue weighted by Crippen LogP contribution is -2.62. The second-order valence-corrected chi connectivity index (χ2v) is 9.31. The number of rotatable bonds is 4. The van der Waals surface area contributed by atoms with Crippen LogP contribution in [0.25, 0.3) is 0 Å². The SMILES string of the molecule is CC(C)C(=O)N1CC[C@H](NC(=O)C(=O)Nc2ccc(Cl)cn2)[C@H](NC(=O)OC(C)(C)C)C1. The van der Waals surface area contributed by atoms with E-state index in [4.69, 9.17) is 16.3 Å². The Labute approximate surface area is 192 Å². The predicted octanol–water partition coefficient (Wildman–Crippen LogP) is 1.94. The molecule has 1 saturated heterocycles. The molecule has 0 aromatic carbocycles. The zero-order valence-electron chi connectivity index (χ0n) is 18.9. The quantitative estimate of drug-likeness (QED) is 0.580. The van der Waals surface area contributed by atoms with Crippen LogP contribution in [0.3, 0.4) is 0 Å². The van der Waals surface area contributed by atoms with Gasteiger partial charge in [-0.3, -0.25) is 14.4 Å². The van der Waals surface area contributed by atoms with Crippen LogP contribution >= 0.6 is 11.6 Å². The van der Waals surface area contributed by atoms with Crippen LogP contribution in [0.2, 0.25) is 5.02 Å². The van der Waals surface area contributed by atoms with Crippen LogP contribution in [0.4, 0.5) is 10.6 Å². The fourth-order valence-electron chi connectivity index (χ4n) is 3.15. The molecule has 32 heavy (non-hydrogen) atoms. The summed E-state index contributed by atoms with van der Waals surface area (Å²) in [6.07, 6.45) is 1.03. The first-order valence-corrected chi connectivity index (χ1v) is 10.7. The van der Waals surface area contributed by atoms with Crippen molar-refractivity contribution in [3.63, 3.8) is 0 Å². The number of hydrogen-bond acceptors (Lipinski definition) is 6. The number of nitrogens with one attached hydrogen (secondary N) is 3. The predicted molar refractivity (Wildman–Crippen MR) is 119 cm³/mol. The highest BCUT2D eigenvalue weighted by Gasteiger charge is 2.36. The average molecular weight is 468 g/mol. The zero-order valence-corrected chi connectivity index (χ0v) is 19.7. The molecule has 0 aliphatic carbocycles. The third kappa shape index (κ3) is 7.67. The molecule has 1 aromatic heterocycles. The molecule has 0 saturated carbocycles. The number of amides is 4. The number of ether oxygens (including phenoxy) is 1. The fourth-order valence-corrected chi connectivity index (χ4v) is 3.26. The van der Waals surface area contributed by atoms with E-state index in [-0.39, 0.29) is 24.2 Å². The van der Waals surface area contributed by atoms with E-state index in [1.165, 1.54) is 18.3 Å². The van der Waals surface area contributed by atoms with Gasteiger partial charge in [0.1, 0.15) is 11.4 Å². The maximum Gasteiger partial charge on any atom is 0.408 e. The Morgan fingerprint density at radius 2 is 1.81 bits per heavy atom. The topological polar surface area (TPSA) is 130 Å². The monoisotopic (exact) mass is 467 g/mol. The second-order valence-electron chi connectivity index (χ2n) is 8.88. The number of nitrogens with zero attached hydrogens (tertiary/aromatic N) is 2. The van der Waals surface area contributed by atoms with E-state index < -0.39 is 35.6 Å². The highest BCUT2D eigenvalue weighted by molar-refractivity contribution is 6.39. The zero-order chi connectivity index (χ0) is 24.1. The number of hydrogen-bond donors (Lipinski definition) is 3. The number of pyridine rings is 1. The maximum atomic E-state index is 12.5. The summed E-state index contributed by atoms with van der Waals surface area (Å²) in [5.74, 6) is -1.88. The average Bonchev–Trinajstić information content (AvgIpc) is 2.68. The van der Waals surface area contributed by atoms with Crippen LogP contribution in [0.15, 0.2) is 18.3 Å². The van der Waals surface area contributed by atoms with Crippen molar-refractivity contribution in [1.29, 1.82) is 0 Å². The van der Waals surface area contributed by atoms with Crippen molar-refractivity contribution in [3.05, 3.63) is 23.4 Å². The minimum absolute atomic E-state index is 0.0580. The van der Waals surface area contributed by atoms with E-state index >= 15 is 0 Å². The van der Waals surface area contributed by atoms with Crippen LogP contribution in [-0.4, -0.2) is 64.5 Å². The van der Waals surface area contributed by atoms with Crippen molar-refractivity contribution in [1.82, 2.24) is 20.5 Å². The molecule has 1 aromatic rings. The van der Waals surface area contributed by atoms with E-state index in [0.29, 0.717) is 18.0 Å². The molecule has 1 aliphatic rings. The molecular weight excluding hydrogens is 438 g/mol. The van der Waals surface area contributed by atoms with Crippen LogP contribution in [0.1, 0.15) is 41.0 Å². The van der Waals surface area contributed by atoms with E-state index in [1.54, 1.807) is 39.5 Å². The number of anilines is 1. The van der Waals surface area contributed by atoms with Crippen LogP contribution < -0.4 is 16.0 Å². The summed E-state index contributed by atoms with van der Waals surface area (Å²) >= 11 is 5.76. The van der Waals surface area contributed by atoms with Gasteiger partial charge in [0.05, 0.1) is 17.1 Å². The number of carbonyl (C=O) groups excluding carboxylic acids is 4. The number of likely N-dealkylation sites (tertiary alicyclic amines) is 1. The molecule has 1 fully saturated rings. The van der Waals surface area contributed by atoms with Crippen LogP contribution in [0, 0.1) is 5.92 Å². The molecular formula is C21H30ClN5O5. The van der Waals surface area contributed by atoms with Crippen molar-refractivity contribution < 1.29 is 23.9 Å². The van der Waals surface area contributed by atoms with E-state index in [0.717, 1.165) is 0 Å². The Balaban J connectivity index is 2.07. The summed E-state index contributed by atoms with van der Waals surface area (Å²) < 4.78 is 5.31. The van der Waals surface area contributed by atoms with Gasteiger partial charge in [-0.15, -0.1) is 0 Å². The van der Waals surface area contributed by atoms with Gasteiger partial charge in [-0.05, 0) is 39.3 Å². The standard InChI is InChI=1S/C21H30ClN5O5/c1-12(2)19(30)27-9-8-14(15(11-27)25-20(31)32-21(3,4)5)24-17(28)18(29)26-16-7-6-13(22)10-23-16/h6-7,10,12,14-15H,8-9,11H2,1-5H3,(H,24,28)(H,25,31)(H,23,26,29)/t14-,15+/m0/s1. The normalized spacial score (nSPS) is 18.7. The van der Waals surface area contributed by atoms with Crippen molar-refractivity contribution >= 4 is 41.2 Å². The Kier molecular flexibility index (Phi) is 8.43. The summed E-state index contributed by atoms with van der Waals surface area (Å²) in [6, 6.07) is 1.79. The molecule has 0 spiro atoms. The molecule has 11 heteroatoms. The molecule has 3 N–H and O–H groups in total. The largest absolute Gasteiger partial charge is 0.444 e. The van der Waals surface area contributed by atoms with Gasteiger partial charge in [0.15, 0.2) is 0 Å². The number of piperidine rings is 1. The van der Waals surface area contributed by atoms with Gasteiger partial charge in [0.2, 0.25) is 5.91 Å². The Morgan fingerprint density at radius 1 is 1.12 bits per heavy atom. The van der Waals surface area contributed by atoms with Crippen molar-refractivity contribution in [2.24, 2.45) is 5.92 Å². The molecule has 2 heterocycles. The molecule has 2 atom stereocenters. The molecule has 0 radical (unpaired) electrons. The van der Waals surface area contributed by atoms with E-state index in [1.807, 2.05) is 0 Å². The first-order chi connectivity index (χ1) is 14.9. The van der Waals surface area contributed by atoms with Gasteiger partial charge < -0.3 is 25.6 Å². The number of alkyl carbamates (subject to hydrolysis) is 1. The summed E-state index contributed by atoms with van der Waals surface area (Å²) in [5, 5.41) is 8.15. The Hall–Kier alpha value is -2.88. The Bertz CT molecular complexity index is 853. The van der Waals surface area contributed by atoms with Crippen LogP contribution in [0.5, 0.6) is 0 Å². The Morgan fingerprint density at radius 3 is 2.38 bits per heavy atom. The maximum absolute atomic E-state index is 12.5. The second kappa shape index (κ2) is 10.6. The minimum Gasteiger partial charge on any atom is -0.444 e. The van der Waals surface area contributed by atoms with Crippen molar-refractivity contribution in [2.75, 3.05) is 18.4 Å². The summed E-state index contributed by atoms with van der Waals surface area (Å²) in [7, 11) is 0. The van der Waals surface area contributed by atoms with Crippen molar-refractivity contribution in [2.45, 2.75) is 58.7 Å². The molecule has 176 valence electrons. The van der Waals surface area contributed by atoms with Gasteiger partial charge in [-0.1, -0.05) is 25.4 Å². The molecule has 0 bridgehead atoms. The van der Waals surface area contributed by atoms with Gasteiger partial charge in [0, 0.05) is 25.2 Å². The van der Waals surface area contributed by atoms with Crippen LogP contribution in [-0.2, 0) is 19.1 Å². The summed E-state index contributed by atoms with van der Waals surface area (Å²) in [6.45, 7) is 9.35. The van der Waals surface area contributed by atoms with Gasteiger partial charge in [-0.25, -0.2) is 9.78 Å². The molecule has 2 rings (SSSR count). The first-order valence-electron chi connectivity index (χ1n) is 10.4. The van der Waals surface area contributed by atoms with Gasteiger partial charge in [0.25, 0.3) is 0 Å². The molecule has 10 nitrogen and oxygen atoms in total. The smallest absolute Gasteiger partial charge is 0.408 e. The number of aromatic nitrogens is 1. The first kappa shape index (κ1) is 25.4. The lowest BCUT2D eigenvalue weighted by Gasteiger charge is -2.39. The highest BCUT2D eigenvalue weighted by atomic mass is 35.5. The van der Waals surface area contributed by atoms with Gasteiger partial charge in [-0.2, -0.15) is 0 Å². The lowest BCUT2D eigenvalue weighted by atomic mass is 9.97. The van der Waals surface area contributed by atoms with Gasteiger partial charge >= 0.3 is 17.9 Å². The third-order valence-corrected chi connectivity index (χ3v) is 4.84. The fraction of sp³-hybridized carbons (Fsp3) is 0.571. The number of halogens is 1. The molecule has 4 amide bonds. The van der Waals surface area contributed by atoms with E-state index in [9.17, 15) is 19.2 Å². The van der Waals surface area contributed by atoms with E-state index in [2.05, 4.69) is 20.9 Å². The highest BCUT2D eigenvalue weighted by Crippen LogP contribution is 2.16. The summed E-state index contributed by atoms with van der Waals surface area (Å²) in [5.41, 5.74) is -0.712. The molecule has 0 unspecified atom stereocenters. The lowest BCUT2D eigenvalue weighted by molar-refractivity contribution is -0.138. The van der Waals surface area contributed by atoms with Crippen molar-refractivity contribution in [3.8, 4) is 0 Å². The molecule has 1 aliphatic heterocycles.